The van der Waals surface area contributed by atoms with Crippen molar-refractivity contribution in [2.24, 2.45) is 5.41 Å². The summed E-state index contributed by atoms with van der Waals surface area (Å²) in [5.74, 6) is 0. The van der Waals surface area contributed by atoms with Crippen molar-refractivity contribution in [3.8, 4) is 0 Å². The van der Waals surface area contributed by atoms with Gasteiger partial charge in [-0.3, -0.25) is 0 Å². The predicted molar refractivity (Wildman–Crippen MR) is 64.1 cm³/mol. The first kappa shape index (κ1) is 10.2. The molecule has 15 heavy (non-hydrogen) atoms. The zero-order chi connectivity index (χ0) is 10.7. The number of nitrogens with one attached hydrogen (secondary N) is 2. The van der Waals surface area contributed by atoms with E-state index in [0.29, 0.717) is 11.1 Å². The van der Waals surface area contributed by atoms with Crippen LogP contribution in [0, 0.1) is 10.8 Å². The molecule has 2 nitrogen and oxygen atoms in total. The second kappa shape index (κ2) is 4.05. The molecule has 0 aromatic carbocycles. The van der Waals surface area contributed by atoms with Gasteiger partial charge in [0.25, 0.3) is 0 Å². The van der Waals surface area contributed by atoms with Crippen LogP contribution in [0.3, 0.4) is 0 Å². The lowest BCUT2D eigenvalue weighted by Crippen LogP contribution is -2.35. The van der Waals surface area contributed by atoms with Crippen molar-refractivity contribution < 1.29 is 0 Å². The molecule has 0 amide bonds. The van der Waals surface area contributed by atoms with E-state index in [0.717, 1.165) is 12.1 Å². The lowest BCUT2D eigenvalue weighted by Gasteiger charge is -2.38. The van der Waals surface area contributed by atoms with E-state index in [1.807, 2.05) is 30.5 Å². The third-order valence-electron chi connectivity index (χ3n) is 3.31. The third kappa shape index (κ3) is 2.38. The maximum atomic E-state index is 7.69. The molecule has 0 aromatic rings. The first-order chi connectivity index (χ1) is 7.20. The van der Waals surface area contributed by atoms with E-state index >= 15 is 0 Å². The molecule has 0 bridgehead atoms. The van der Waals surface area contributed by atoms with Crippen LogP contribution in [-0.4, -0.2) is 12.3 Å². The fourth-order valence-electron chi connectivity index (χ4n) is 1.99. The maximum Gasteiger partial charge on any atom is 0.0626 e. The van der Waals surface area contributed by atoms with E-state index in [4.69, 9.17) is 5.41 Å². The largest absolute Gasteiger partial charge is 0.390 e. The number of hydrogen-bond donors (Lipinski definition) is 2. The van der Waals surface area contributed by atoms with Crippen LogP contribution in [0.4, 0.5) is 0 Å². The summed E-state index contributed by atoms with van der Waals surface area (Å²) in [5, 5.41) is 11.0. The van der Waals surface area contributed by atoms with Crippen LogP contribution in [0.1, 0.15) is 26.2 Å². The lowest BCUT2D eigenvalue weighted by atomic mass is 9.70. The second-order valence-corrected chi connectivity index (χ2v) is 4.78. The Balaban J connectivity index is 1.86. The van der Waals surface area contributed by atoms with Gasteiger partial charge in [0.05, 0.1) is 5.71 Å². The average Bonchev–Trinajstić information content (AvgIpc) is 2.18. The summed E-state index contributed by atoms with van der Waals surface area (Å²) < 4.78 is 0. The fraction of sp³-hybridized carbons (Fsp3) is 0.462. The summed E-state index contributed by atoms with van der Waals surface area (Å²) in [6.07, 6.45) is 13.6. The molecule has 0 atom stereocenters. The van der Waals surface area contributed by atoms with Gasteiger partial charge < -0.3 is 10.7 Å². The van der Waals surface area contributed by atoms with Crippen molar-refractivity contribution in [3.63, 3.8) is 0 Å². The van der Waals surface area contributed by atoms with Crippen molar-refractivity contribution in [1.29, 1.82) is 5.41 Å². The quantitative estimate of drug-likeness (QED) is 0.725. The van der Waals surface area contributed by atoms with Crippen molar-refractivity contribution in [3.05, 3.63) is 36.1 Å². The molecule has 0 spiro atoms. The van der Waals surface area contributed by atoms with Crippen molar-refractivity contribution in [2.75, 3.05) is 6.54 Å². The van der Waals surface area contributed by atoms with Crippen LogP contribution < -0.4 is 5.32 Å². The molecule has 1 fully saturated rings. The van der Waals surface area contributed by atoms with Crippen molar-refractivity contribution in [2.45, 2.75) is 26.2 Å². The fourth-order valence-corrected chi connectivity index (χ4v) is 1.99. The first-order valence-corrected chi connectivity index (χ1v) is 5.57. The van der Waals surface area contributed by atoms with E-state index in [9.17, 15) is 0 Å². The van der Waals surface area contributed by atoms with Gasteiger partial charge in [-0.05, 0) is 24.3 Å². The molecule has 0 radical (unpaired) electrons. The predicted octanol–water partition coefficient (Wildman–Crippen LogP) is 2.80. The van der Waals surface area contributed by atoms with E-state index in [2.05, 4.69) is 12.2 Å². The summed E-state index contributed by atoms with van der Waals surface area (Å²) in [6, 6.07) is 0. The summed E-state index contributed by atoms with van der Waals surface area (Å²) in [6.45, 7) is 3.35. The highest BCUT2D eigenvalue weighted by molar-refractivity contribution is 6.09. The lowest BCUT2D eigenvalue weighted by molar-refractivity contribution is 0.163. The molecule has 80 valence electrons. The van der Waals surface area contributed by atoms with Crippen LogP contribution in [0.15, 0.2) is 36.1 Å². The van der Waals surface area contributed by atoms with Gasteiger partial charge in [-0.1, -0.05) is 31.6 Å². The molecule has 2 aliphatic carbocycles. The minimum Gasteiger partial charge on any atom is -0.390 e. The molecule has 0 aromatic heterocycles. The minimum absolute atomic E-state index is 0.494. The van der Waals surface area contributed by atoms with Gasteiger partial charge in [-0.2, -0.15) is 0 Å². The topological polar surface area (TPSA) is 35.9 Å². The Morgan fingerprint density at radius 2 is 2.13 bits per heavy atom. The summed E-state index contributed by atoms with van der Waals surface area (Å²) in [7, 11) is 0. The normalized spacial score (nSPS) is 25.4. The Labute approximate surface area is 91.3 Å². The van der Waals surface area contributed by atoms with Gasteiger partial charge in [0.15, 0.2) is 0 Å². The van der Waals surface area contributed by atoms with Gasteiger partial charge in [-0.25, -0.2) is 0 Å². The van der Waals surface area contributed by atoms with Crippen LogP contribution in [0.25, 0.3) is 0 Å². The Kier molecular flexibility index (Phi) is 2.76. The highest BCUT2D eigenvalue weighted by atomic mass is 14.9. The van der Waals surface area contributed by atoms with Gasteiger partial charge in [0.2, 0.25) is 0 Å². The highest BCUT2D eigenvalue weighted by Crippen LogP contribution is 2.39. The molecular formula is C13H18N2. The molecule has 0 unspecified atom stereocenters. The summed E-state index contributed by atoms with van der Waals surface area (Å²) in [4.78, 5) is 0. The maximum absolute atomic E-state index is 7.69. The van der Waals surface area contributed by atoms with Crippen LogP contribution in [0.2, 0.25) is 0 Å². The second-order valence-electron chi connectivity index (χ2n) is 4.78. The van der Waals surface area contributed by atoms with Gasteiger partial charge in [-0.15, -0.1) is 0 Å². The molecule has 2 N–H and O–H groups in total. The van der Waals surface area contributed by atoms with Gasteiger partial charge in [0, 0.05) is 18.3 Å². The van der Waals surface area contributed by atoms with E-state index in [1.165, 1.54) is 19.3 Å². The third-order valence-corrected chi connectivity index (χ3v) is 3.31. The monoisotopic (exact) mass is 202 g/mol. The highest BCUT2D eigenvalue weighted by Gasteiger charge is 2.30. The number of allylic oxidation sites excluding steroid dienone is 5. The molecule has 2 aliphatic rings. The first-order valence-electron chi connectivity index (χ1n) is 5.57. The Bertz CT molecular complexity index is 344. The molecule has 0 aliphatic heterocycles. The molecule has 0 saturated heterocycles. The number of hydrogen-bond acceptors (Lipinski definition) is 2. The summed E-state index contributed by atoms with van der Waals surface area (Å²) >= 11 is 0. The SMILES string of the molecule is CC1(CN/C=C2/C=CC=CC2=N)CCC1. The van der Waals surface area contributed by atoms with Gasteiger partial charge in [0.1, 0.15) is 0 Å². The molecule has 1 saturated carbocycles. The molecule has 2 rings (SSSR count). The Hall–Kier alpha value is -1.31. The molecule has 0 heterocycles. The van der Waals surface area contributed by atoms with E-state index in [-0.39, 0.29) is 0 Å². The molecule has 2 heteroatoms. The smallest absolute Gasteiger partial charge is 0.0626 e. The standard InChI is InChI=1S/C13H18N2/c1-13(7-4-8-13)10-15-9-11-5-2-3-6-12(11)14/h2-3,5-6,9,14-15H,4,7-8,10H2,1H3/b11-9-,14-12?. The zero-order valence-electron chi connectivity index (χ0n) is 9.22. The van der Waals surface area contributed by atoms with E-state index in [1.54, 1.807) is 0 Å². The van der Waals surface area contributed by atoms with Crippen LogP contribution in [-0.2, 0) is 0 Å². The average molecular weight is 202 g/mol. The zero-order valence-corrected chi connectivity index (χ0v) is 9.22. The Morgan fingerprint density at radius 3 is 2.73 bits per heavy atom. The van der Waals surface area contributed by atoms with Gasteiger partial charge >= 0.3 is 0 Å². The van der Waals surface area contributed by atoms with Crippen molar-refractivity contribution >= 4 is 5.71 Å². The molecular weight excluding hydrogens is 184 g/mol. The Morgan fingerprint density at radius 1 is 1.40 bits per heavy atom. The minimum atomic E-state index is 0.494. The number of rotatable bonds is 3. The summed E-state index contributed by atoms with van der Waals surface area (Å²) in [5.41, 5.74) is 2.05. The van der Waals surface area contributed by atoms with Crippen LogP contribution >= 0.6 is 0 Å². The van der Waals surface area contributed by atoms with Crippen LogP contribution in [0.5, 0.6) is 0 Å². The van der Waals surface area contributed by atoms with Crippen molar-refractivity contribution in [1.82, 2.24) is 5.32 Å². The van der Waals surface area contributed by atoms with E-state index < -0.39 is 0 Å².